The number of fused-ring (bicyclic) bond motifs is 18. The van der Waals surface area contributed by atoms with Crippen LogP contribution in [-0.2, 0) is 37.6 Å². The second kappa shape index (κ2) is 33.2. The highest BCUT2D eigenvalue weighted by Gasteiger charge is 2.55. The Morgan fingerprint density at radius 3 is 0.528 bits per heavy atom. The molecule has 0 unspecified atom stereocenters. The molecule has 18 rings (SSSR count). The first kappa shape index (κ1) is 84.4. The van der Waals surface area contributed by atoms with E-state index >= 15 is 0 Å². The van der Waals surface area contributed by atoms with Crippen molar-refractivity contribution in [2.45, 2.75) is 273 Å². The fraction of sp³-hybridized carbons (Fsp3) is 0.410. The molecule has 12 aromatic rings. The molecule has 1 heteroatoms. The lowest BCUT2D eigenvalue weighted by Gasteiger charge is -2.43. The molecule has 1 nitrogen and oxygen atoms in total. The van der Waals surface area contributed by atoms with Crippen molar-refractivity contribution in [3.05, 3.63) is 309 Å². The molecular formula is C122H138O. The first-order valence-electron chi connectivity index (χ1n) is 48.6. The minimum absolute atomic E-state index is 0.0349. The van der Waals surface area contributed by atoms with Gasteiger partial charge in [-0.1, -0.05) is 319 Å². The summed E-state index contributed by atoms with van der Waals surface area (Å²) in [6.45, 7) is 43.5. The van der Waals surface area contributed by atoms with Gasteiger partial charge in [0, 0.05) is 21.7 Å². The van der Waals surface area contributed by atoms with Crippen LogP contribution < -0.4 is 0 Å². The largest absolute Gasteiger partial charge is 0.350 e. The summed E-state index contributed by atoms with van der Waals surface area (Å²) in [5.74, 6) is 4.91. The summed E-state index contributed by atoms with van der Waals surface area (Å²) in [6.07, 6.45) is 20.2. The van der Waals surface area contributed by atoms with Crippen LogP contribution in [0, 0.1) is 47.3 Å². The zero-order valence-electron chi connectivity index (χ0n) is 77.8. The molecule has 0 bridgehead atoms. The maximum absolute atomic E-state index is 9.28. The van der Waals surface area contributed by atoms with Gasteiger partial charge in [-0.15, -0.1) is 0 Å². The van der Waals surface area contributed by atoms with E-state index in [1.807, 2.05) is 0 Å². The third-order valence-corrected chi connectivity index (χ3v) is 31.3. The van der Waals surface area contributed by atoms with E-state index in [-0.39, 0.29) is 21.7 Å². The Bertz CT molecular complexity index is 5200. The predicted molar refractivity (Wildman–Crippen MR) is 526 cm³/mol. The third kappa shape index (κ3) is 14.3. The van der Waals surface area contributed by atoms with Gasteiger partial charge >= 0.3 is 0 Å². The minimum atomic E-state index is -0.935. The Morgan fingerprint density at radius 1 is 0.179 bits per heavy atom. The Kier molecular flexibility index (Phi) is 22.8. The Balaban J connectivity index is 0.848. The van der Waals surface area contributed by atoms with Crippen LogP contribution in [0.1, 0.15) is 307 Å². The van der Waals surface area contributed by atoms with Gasteiger partial charge in [0.1, 0.15) is 11.2 Å². The summed E-state index contributed by atoms with van der Waals surface area (Å²) in [4.78, 5) is 0. The van der Waals surface area contributed by atoms with E-state index in [4.69, 9.17) is 0 Å². The summed E-state index contributed by atoms with van der Waals surface area (Å²) in [7, 11) is 0. The van der Waals surface area contributed by atoms with Crippen LogP contribution in [0.2, 0.25) is 0 Å². The second-order valence-electron chi connectivity index (χ2n) is 42.5. The summed E-state index contributed by atoms with van der Waals surface area (Å²) in [5.41, 5.74) is 41.4. The van der Waals surface area contributed by atoms with Crippen molar-refractivity contribution >= 4 is 0 Å². The third-order valence-electron chi connectivity index (χ3n) is 31.3. The molecule has 6 aliphatic rings. The molecule has 0 heterocycles. The highest BCUT2D eigenvalue weighted by Crippen LogP contribution is 2.65. The lowest BCUT2D eigenvalue weighted by Crippen LogP contribution is -2.40. The number of rotatable bonds is 32. The van der Waals surface area contributed by atoms with E-state index in [0.717, 1.165) is 51.4 Å². The van der Waals surface area contributed by atoms with Crippen LogP contribution in [0.5, 0.6) is 0 Å². The van der Waals surface area contributed by atoms with Gasteiger partial charge < -0.3 is 4.74 Å². The molecule has 12 aromatic carbocycles. The molecule has 0 saturated heterocycles. The van der Waals surface area contributed by atoms with Gasteiger partial charge in [0.15, 0.2) is 0 Å². The van der Waals surface area contributed by atoms with E-state index in [1.54, 1.807) is 0 Å². The number of benzene rings is 12. The molecule has 0 aliphatic heterocycles. The average molecular weight is 1620 g/mol. The SMILES string of the molecule is CCC1(OC2(CC)c3cc(-c4ccc5c(c4)-c4ccccc4C5(CCC(C)C)CCC(C)C)ccc3-c3ccc(-c4ccc5c(c4)-c4ccccc4C5(CCC(C)C)CCC(C)C)cc32)c2cc(-c3ccc4c(c3)-c3ccccc3C4(CCC(C)C)CCC(C)C)ccc2-c2ccc(-c3ccc4c(c3)-c3ccccc3C4(CCC(C)C)CCC(C)C)cc21. The van der Waals surface area contributed by atoms with Crippen molar-refractivity contribution in [2.24, 2.45) is 47.3 Å². The first-order chi connectivity index (χ1) is 59.3. The molecule has 0 radical (unpaired) electrons. The van der Waals surface area contributed by atoms with Gasteiger partial charge in [0.25, 0.3) is 0 Å². The summed E-state index contributed by atoms with van der Waals surface area (Å²) in [5, 5.41) is 0. The highest BCUT2D eigenvalue weighted by molar-refractivity contribution is 5.94. The molecule has 6 aliphatic carbocycles. The average Bonchev–Trinajstić information content (AvgIpc) is 1.57. The maximum Gasteiger partial charge on any atom is 0.121 e. The van der Waals surface area contributed by atoms with E-state index < -0.39 is 11.2 Å². The highest BCUT2D eigenvalue weighted by atomic mass is 16.5. The number of ether oxygens (including phenoxy) is 1. The standard InChI is InChI=1S/C122H138O/c1-19-121(113-73-89(85-41-49-109-101(69-85)93-29-21-25-33-105(93)117(109,61-53-77(3)4)62-54-78(5)6)37-45-97(113)98-46-38-90(74-114(98)121)86-42-50-110-102(70-86)94-30-22-26-34-106(94)118(110,63-55-79(7)8)64-56-80(9)10)123-122(20-2)115-75-91(87-43-51-111-103(71-87)95-31-23-27-35-107(95)119(111,65-57-81(11)12)66-58-82(13)14)39-47-99(115)100-48-40-92(76-116(100)122)88-44-52-112-104(72-88)96-32-24-28-36-108(96)120(112,67-59-83(15)16)68-60-84(17)18/h21-52,69-84H,19-20,53-68H2,1-18H3. The van der Waals surface area contributed by atoms with Crippen LogP contribution in [0.3, 0.4) is 0 Å². The van der Waals surface area contributed by atoms with Crippen molar-refractivity contribution in [2.75, 3.05) is 0 Å². The fourth-order valence-corrected chi connectivity index (χ4v) is 24.4. The lowest BCUT2D eigenvalue weighted by atomic mass is 9.69. The lowest BCUT2D eigenvalue weighted by molar-refractivity contribution is -0.125. The molecule has 0 spiro atoms. The van der Waals surface area contributed by atoms with E-state index in [0.29, 0.717) is 60.2 Å². The first-order valence-corrected chi connectivity index (χ1v) is 48.6. The van der Waals surface area contributed by atoms with Crippen molar-refractivity contribution in [3.63, 3.8) is 0 Å². The van der Waals surface area contributed by atoms with Crippen LogP contribution in [0.15, 0.2) is 243 Å². The zero-order valence-corrected chi connectivity index (χ0v) is 77.8. The smallest absolute Gasteiger partial charge is 0.121 e. The van der Waals surface area contributed by atoms with Gasteiger partial charge in [-0.2, -0.15) is 0 Å². The second-order valence-corrected chi connectivity index (χ2v) is 42.5. The topological polar surface area (TPSA) is 9.23 Å². The molecule has 123 heavy (non-hydrogen) atoms. The summed E-state index contributed by atoms with van der Waals surface area (Å²) in [6, 6.07) is 98.8. The Morgan fingerprint density at radius 2 is 0.341 bits per heavy atom. The molecule has 0 atom stereocenters. The van der Waals surface area contributed by atoms with Gasteiger partial charge in [0.05, 0.1) is 0 Å². The molecule has 0 saturated carbocycles. The quantitative estimate of drug-likeness (QED) is 0.0408. The minimum Gasteiger partial charge on any atom is -0.350 e. The Labute approximate surface area is 740 Å². The monoisotopic (exact) mass is 1620 g/mol. The Hall–Kier alpha value is -9.40. The normalized spacial score (nSPS) is 16.0. The van der Waals surface area contributed by atoms with Gasteiger partial charge in [-0.05, 0) is 389 Å². The van der Waals surface area contributed by atoms with Gasteiger partial charge in [-0.25, -0.2) is 0 Å². The molecule has 0 fully saturated rings. The van der Waals surface area contributed by atoms with Crippen LogP contribution in [0.25, 0.3) is 111 Å². The molecule has 0 N–H and O–H groups in total. The van der Waals surface area contributed by atoms with Crippen molar-refractivity contribution < 1.29 is 4.74 Å². The van der Waals surface area contributed by atoms with E-state index in [2.05, 4.69) is 367 Å². The number of hydrogen-bond acceptors (Lipinski definition) is 1. The predicted octanol–water partition coefficient (Wildman–Crippen LogP) is 34.9. The summed E-state index contributed by atoms with van der Waals surface area (Å²) >= 11 is 0. The van der Waals surface area contributed by atoms with Crippen molar-refractivity contribution in [1.29, 1.82) is 0 Å². The molecule has 0 amide bonds. The van der Waals surface area contributed by atoms with Gasteiger partial charge in [0.2, 0.25) is 0 Å². The van der Waals surface area contributed by atoms with Crippen molar-refractivity contribution in [3.8, 4) is 111 Å². The molecular weight excluding hydrogens is 1480 g/mol. The summed E-state index contributed by atoms with van der Waals surface area (Å²) < 4.78 is 9.28. The molecule has 0 aromatic heterocycles. The fourth-order valence-electron chi connectivity index (χ4n) is 24.4. The number of hydrogen-bond donors (Lipinski definition) is 0. The molecule has 632 valence electrons. The van der Waals surface area contributed by atoms with E-state index in [9.17, 15) is 4.74 Å². The van der Waals surface area contributed by atoms with Crippen LogP contribution >= 0.6 is 0 Å². The van der Waals surface area contributed by atoms with Crippen LogP contribution in [0.4, 0.5) is 0 Å². The van der Waals surface area contributed by atoms with Crippen molar-refractivity contribution in [1.82, 2.24) is 0 Å². The maximum atomic E-state index is 9.28. The van der Waals surface area contributed by atoms with Gasteiger partial charge in [-0.3, -0.25) is 0 Å². The van der Waals surface area contributed by atoms with E-state index in [1.165, 1.54) is 229 Å². The zero-order chi connectivity index (χ0) is 85.8. The van der Waals surface area contributed by atoms with Crippen LogP contribution in [-0.4, -0.2) is 0 Å².